The number of nitrogens with one attached hydrogen (secondary N) is 1. The van der Waals surface area contributed by atoms with Crippen molar-refractivity contribution < 1.29 is 4.74 Å². The molecule has 0 atom stereocenters. The molecule has 1 fully saturated rings. The molecule has 1 aliphatic rings. The maximum Gasteiger partial charge on any atom is 0.226 e. The quantitative estimate of drug-likeness (QED) is 0.852. The van der Waals surface area contributed by atoms with E-state index in [0.29, 0.717) is 18.4 Å². The van der Waals surface area contributed by atoms with Crippen LogP contribution >= 0.6 is 0 Å². The predicted octanol–water partition coefficient (Wildman–Crippen LogP) is 2.93. The average molecular weight is 235 g/mol. The molecule has 1 heterocycles. The molecule has 1 N–H and O–H groups in total. The maximum absolute atomic E-state index is 5.55. The Hall–Kier alpha value is -1.32. The number of aryl methyl sites for hydroxylation is 1. The Kier molecular flexibility index (Phi) is 3.50. The first-order valence-electron chi connectivity index (χ1n) is 6.38. The fraction of sp³-hybridized carbons (Fsp3) is 0.692. The zero-order valence-electron chi connectivity index (χ0n) is 10.9. The van der Waals surface area contributed by atoms with Gasteiger partial charge in [0, 0.05) is 17.3 Å². The van der Waals surface area contributed by atoms with Gasteiger partial charge in [-0.3, -0.25) is 0 Å². The number of rotatable bonds is 5. The van der Waals surface area contributed by atoms with Crippen LogP contribution in [0.3, 0.4) is 0 Å². The lowest BCUT2D eigenvalue weighted by atomic mass is 9.79. The smallest absolute Gasteiger partial charge is 0.226 e. The molecule has 0 unspecified atom stereocenters. The third kappa shape index (κ3) is 3.08. The van der Waals surface area contributed by atoms with Crippen molar-refractivity contribution in [3.8, 4) is 5.88 Å². The molecule has 0 spiro atoms. The van der Waals surface area contributed by atoms with E-state index in [1.165, 1.54) is 19.3 Å². The lowest BCUT2D eigenvalue weighted by Crippen LogP contribution is -2.42. The molecule has 0 saturated heterocycles. The topological polar surface area (TPSA) is 47.0 Å². The molecule has 0 radical (unpaired) electrons. The fourth-order valence-electron chi connectivity index (χ4n) is 1.98. The summed E-state index contributed by atoms with van der Waals surface area (Å²) in [5.41, 5.74) is 1.12. The predicted molar refractivity (Wildman–Crippen MR) is 68.4 cm³/mol. The van der Waals surface area contributed by atoms with Crippen LogP contribution in [0.25, 0.3) is 0 Å². The molecular weight excluding hydrogens is 214 g/mol. The van der Waals surface area contributed by atoms with Crippen LogP contribution in [0.4, 0.5) is 5.95 Å². The Morgan fingerprint density at radius 3 is 2.76 bits per heavy atom. The van der Waals surface area contributed by atoms with Crippen LogP contribution in [0.1, 0.15) is 45.2 Å². The minimum atomic E-state index is 0.176. The molecule has 2 rings (SSSR count). The van der Waals surface area contributed by atoms with E-state index in [0.717, 1.165) is 12.1 Å². The van der Waals surface area contributed by atoms with Crippen LogP contribution in [0.5, 0.6) is 5.88 Å². The van der Waals surface area contributed by atoms with Gasteiger partial charge >= 0.3 is 0 Å². The summed E-state index contributed by atoms with van der Waals surface area (Å²) in [6.45, 7) is 6.97. The molecule has 1 aromatic rings. The Balaban J connectivity index is 2.08. The molecule has 94 valence electrons. The van der Waals surface area contributed by atoms with Gasteiger partial charge in [-0.15, -0.1) is 0 Å². The van der Waals surface area contributed by atoms with Gasteiger partial charge in [-0.25, -0.2) is 4.98 Å². The van der Waals surface area contributed by atoms with Crippen LogP contribution in [0, 0.1) is 6.92 Å². The van der Waals surface area contributed by atoms with Crippen molar-refractivity contribution in [2.75, 3.05) is 11.9 Å². The van der Waals surface area contributed by atoms with Crippen molar-refractivity contribution >= 4 is 5.95 Å². The minimum Gasteiger partial charge on any atom is -0.478 e. The van der Waals surface area contributed by atoms with Gasteiger partial charge in [0.25, 0.3) is 0 Å². The Morgan fingerprint density at radius 1 is 1.41 bits per heavy atom. The highest BCUT2D eigenvalue weighted by atomic mass is 16.5. The first-order valence-corrected chi connectivity index (χ1v) is 6.38. The van der Waals surface area contributed by atoms with Gasteiger partial charge in [0.15, 0.2) is 0 Å². The van der Waals surface area contributed by atoms with Gasteiger partial charge in [-0.2, -0.15) is 4.98 Å². The van der Waals surface area contributed by atoms with Crippen LogP contribution in [0.2, 0.25) is 0 Å². The summed E-state index contributed by atoms with van der Waals surface area (Å²) < 4.78 is 5.55. The third-order valence-electron chi connectivity index (χ3n) is 3.16. The summed E-state index contributed by atoms with van der Waals surface area (Å²) >= 11 is 0. The second-order valence-corrected chi connectivity index (χ2v) is 5.06. The molecule has 17 heavy (non-hydrogen) atoms. The molecule has 0 bridgehead atoms. The van der Waals surface area contributed by atoms with Gasteiger partial charge in [-0.1, -0.05) is 6.92 Å². The Labute approximate surface area is 103 Å². The summed E-state index contributed by atoms with van der Waals surface area (Å²) in [5, 5.41) is 3.41. The monoisotopic (exact) mass is 235 g/mol. The first-order chi connectivity index (χ1) is 8.11. The molecule has 1 aromatic heterocycles. The summed E-state index contributed by atoms with van der Waals surface area (Å²) in [5.74, 6) is 1.36. The SMILES string of the molecule is CCCOc1cc(C)nc(NC2(C)CCC2)n1. The van der Waals surface area contributed by atoms with Crippen LogP contribution in [0.15, 0.2) is 6.07 Å². The highest BCUT2D eigenvalue weighted by molar-refractivity contribution is 5.34. The van der Waals surface area contributed by atoms with E-state index in [1.807, 2.05) is 13.0 Å². The third-order valence-corrected chi connectivity index (χ3v) is 3.16. The number of aromatic nitrogens is 2. The lowest BCUT2D eigenvalue weighted by molar-refractivity contribution is 0.296. The van der Waals surface area contributed by atoms with E-state index in [4.69, 9.17) is 4.74 Å². The summed E-state index contributed by atoms with van der Waals surface area (Å²) in [4.78, 5) is 8.80. The molecule has 0 aromatic carbocycles. The number of hydrogen-bond acceptors (Lipinski definition) is 4. The largest absolute Gasteiger partial charge is 0.478 e. The van der Waals surface area contributed by atoms with Gasteiger partial charge in [0.2, 0.25) is 11.8 Å². The molecule has 0 amide bonds. The number of ether oxygens (including phenoxy) is 1. The van der Waals surface area contributed by atoms with Gasteiger partial charge in [-0.05, 0) is 39.5 Å². The molecule has 1 saturated carbocycles. The normalized spacial score (nSPS) is 17.4. The van der Waals surface area contributed by atoms with Crippen molar-refractivity contribution in [3.63, 3.8) is 0 Å². The number of anilines is 1. The molecule has 4 nitrogen and oxygen atoms in total. The first kappa shape index (κ1) is 12.1. The van der Waals surface area contributed by atoms with Crippen molar-refractivity contribution in [1.29, 1.82) is 0 Å². The Morgan fingerprint density at radius 2 is 2.18 bits per heavy atom. The summed E-state index contributed by atoms with van der Waals surface area (Å²) in [6.07, 6.45) is 4.66. The van der Waals surface area contributed by atoms with Crippen molar-refractivity contribution in [1.82, 2.24) is 9.97 Å². The Bertz CT molecular complexity index is 388. The lowest BCUT2D eigenvalue weighted by Gasteiger charge is -2.39. The zero-order valence-corrected chi connectivity index (χ0v) is 10.9. The van der Waals surface area contributed by atoms with Gasteiger partial charge in [0.05, 0.1) is 6.61 Å². The standard InChI is InChI=1S/C13H21N3O/c1-4-8-17-11-9-10(2)14-12(15-11)16-13(3)6-5-7-13/h9H,4-8H2,1-3H3,(H,14,15,16). The number of nitrogens with zero attached hydrogens (tertiary/aromatic N) is 2. The average Bonchev–Trinajstić information content (AvgIpc) is 2.23. The summed E-state index contributed by atoms with van der Waals surface area (Å²) in [7, 11) is 0. The van der Waals surface area contributed by atoms with Crippen molar-refractivity contribution in [2.45, 2.75) is 52.0 Å². The van der Waals surface area contributed by atoms with E-state index in [1.54, 1.807) is 0 Å². The highest BCUT2D eigenvalue weighted by Gasteiger charge is 2.32. The maximum atomic E-state index is 5.55. The number of hydrogen-bond donors (Lipinski definition) is 1. The van der Waals surface area contributed by atoms with Crippen molar-refractivity contribution in [2.24, 2.45) is 0 Å². The highest BCUT2D eigenvalue weighted by Crippen LogP contribution is 2.34. The van der Waals surface area contributed by atoms with E-state index in [9.17, 15) is 0 Å². The second-order valence-electron chi connectivity index (χ2n) is 5.06. The van der Waals surface area contributed by atoms with Gasteiger partial charge in [0.1, 0.15) is 0 Å². The van der Waals surface area contributed by atoms with Crippen molar-refractivity contribution in [3.05, 3.63) is 11.8 Å². The van der Waals surface area contributed by atoms with E-state index in [-0.39, 0.29) is 5.54 Å². The van der Waals surface area contributed by atoms with E-state index < -0.39 is 0 Å². The fourth-order valence-corrected chi connectivity index (χ4v) is 1.98. The van der Waals surface area contributed by atoms with Crippen LogP contribution in [-0.2, 0) is 0 Å². The van der Waals surface area contributed by atoms with Gasteiger partial charge < -0.3 is 10.1 Å². The summed E-state index contributed by atoms with van der Waals surface area (Å²) in [6, 6.07) is 1.88. The zero-order chi connectivity index (χ0) is 12.3. The van der Waals surface area contributed by atoms with E-state index >= 15 is 0 Å². The van der Waals surface area contributed by atoms with Crippen LogP contribution < -0.4 is 10.1 Å². The molecule has 4 heteroatoms. The van der Waals surface area contributed by atoms with E-state index in [2.05, 4.69) is 29.1 Å². The van der Waals surface area contributed by atoms with Crippen LogP contribution in [-0.4, -0.2) is 22.1 Å². The molecule has 1 aliphatic carbocycles. The minimum absolute atomic E-state index is 0.176. The molecular formula is C13H21N3O. The molecule has 0 aliphatic heterocycles. The second kappa shape index (κ2) is 4.90.